The molecule has 0 aliphatic carbocycles. The molecule has 19 heavy (non-hydrogen) atoms. The maximum Gasteiger partial charge on any atom is 0.222 e. The maximum atomic E-state index is 12.0. The van der Waals surface area contributed by atoms with Crippen LogP contribution in [0.4, 0.5) is 0 Å². The van der Waals surface area contributed by atoms with Gasteiger partial charge in [-0.25, -0.2) is 0 Å². The largest absolute Gasteiger partial charge is 0.343 e. The monoisotopic (exact) mass is 281 g/mol. The van der Waals surface area contributed by atoms with Gasteiger partial charge in [-0.1, -0.05) is 20.8 Å². The first-order valence-electron chi connectivity index (χ1n) is 7.20. The number of aromatic nitrogens is 2. The van der Waals surface area contributed by atoms with E-state index >= 15 is 0 Å². The molecule has 1 aliphatic heterocycles. The fourth-order valence-corrected chi connectivity index (χ4v) is 3.38. The van der Waals surface area contributed by atoms with Crippen molar-refractivity contribution in [1.29, 1.82) is 0 Å². The lowest BCUT2D eigenvalue weighted by Gasteiger charge is -2.31. The number of hydrogen-bond acceptors (Lipinski definition) is 4. The summed E-state index contributed by atoms with van der Waals surface area (Å²) in [5, 5.41) is 10.8. The van der Waals surface area contributed by atoms with Gasteiger partial charge in [0.05, 0.1) is 0 Å². The van der Waals surface area contributed by atoms with Crippen molar-refractivity contribution in [3.63, 3.8) is 0 Å². The molecule has 0 spiro atoms. The number of rotatable bonds is 4. The van der Waals surface area contributed by atoms with Gasteiger partial charge in [-0.15, -0.1) is 21.5 Å². The van der Waals surface area contributed by atoms with Crippen LogP contribution in [0.25, 0.3) is 0 Å². The molecule has 0 saturated carbocycles. The molecule has 5 heteroatoms. The number of aryl methyl sites for hydroxylation is 1. The van der Waals surface area contributed by atoms with E-state index in [9.17, 15) is 4.79 Å². The van der Waals surface area contributed by atoms with E-state index in [1.54, 1.807) is 11.3 Å². The van der Waals surface area contributed by atoms with Gasteiger partial charge in [0.15, 0.2) is 0 Å². The smallest absolute Gasteiger partial charge is 0.222 e. The van der Waals surface area contributed by atoms with E-state index in [1.807, 2.05) is 4.90 Å². The molecule has 0 atom stereocenters. The van der Waals surface area contributed by atoms with Gasteiger partial charge in [0.1, 0.15) is 10.0 Å². The molecule has 0 aromatic carbocycles. The minimum absolute atomic E-state index is 0.306. The van der Waals surface area contributed by atoms with Crippen LogP contribution in [-0.2, 0) is 11.2 Å². The first-order chi connectivity index (χ1) is 9.10. The number of carbonyl (C=O) groups excluding carboxylic acids is 1. The van der Waals surface area contributed by atoms with Crippen LogP contribution >= 0.6 is 11.3 Å². The van der Waals surface area contributed by atoms with Crippen LogP contribution in [0, 0.1) is 5.92 Å². The predicted octanol–water partition coefficient (Wildman–Crippen LogP) is 2.85. The zero-order valence-electron chi connectivity index (χ0n) is 12.1. The van der Waals surface area contributed by atoms with E-state index in [0.717, 1.165) is 42.4 Å². The predicted molar refractivity (Wildman–Crippen MR) is 77.3 cm³/mol. The summed E-state index contributed by atoms with van der Waals surface area (Å²) in [6, 6.07) is 0. The molecule has 106 valence electrons. The topological polar surface area (TPSA) is 46.1 Å². The SMILES string of the molecule is CCc1nnc(C2CCN(C(=O)CC(C)C)CC2)s1. The number of hydrogen-bond donors (Lipinski definition) is 0. The Kier molecular flexibility index (Phi) is 4.91. The van der Waals surface area contributed by atoms with E-state index in [4.69, 9.17) is 0 Å². The average molecular weight is 281 g/mol. The van der Waals surface area contributed by atoms with Crippen LogP contribution in [0.3, 0.4) is 0 Å². The van der Waals surface area contributed by atoms with Gasteiger partial charge in [0, 0.05) is 25.4 Å². The molecule has 0 bridgehead atoms. The molecule has 2 heterocycles. The van der Waals surface area contributed by atoms with Gasteiger partial charge >= 0.3 is 0 Å². The fraction of sp³-hybridized carbons (Fsp3) is 0.786. The van der Waals surface area contributed by atoms with Gasteiger partial charge in [-0.2, -0.15) is 0 Å². The van der Waals surface area contributed by atoms with Crippen molar-refractivity contribution < 1.29 is 4.79 Å². The van der Waals surface area contributed by atoms with Crippen molar-refractivity contribution in [2.75, 3.05) is 13.1 Å². The Hall–Kier alpha value is -0.970. The van der Waals surface area contributed by atoms with Crippen LogP contribution in [0.15, 0.2) is 0 Å². The zero-order valence-corrected chi connectivity index (χ0v) is 12.9. The molecule has 0 N–H and O–H groups in total. The molecule has 2 rings (SSSR count). The second-order valence-electron chi connectivity index (χ2n) is 5.64. The summed E-state index contributed by atoms with van der Waals surface area (Å²) in [4.78, 5) is 14.0. The summed E-state index contributed by atoms with van der Waals surface area (Å²) in [5.74, 6) is 1.25. The van der Waals surface area contributed by atoms with Gasteiger partial charge in [0.25, 0.3) is 0 Å². The van der Waals surface area contributed by atoms with Gasteiger partial charge < -0.3 is 4.90 Å². The molecule has 0 unspecified atom stereocenters. The molecular weight excluding hydrogens is 258 g/mol. The lowest BCUT2D eigenvalue weighted by Crippen LogP contribution is -2.38. The Morgan fingerprint density at radius 2 is 2.05 bits per heavy atom. The molecule has 1 fully saturated rings. The summed E-state index contributed by atoms with van der Waals surface area (Å²) < 4.78 is 0. The summed E-state index contributed by atoms with van der Waals surface area (Å²) in [6.07, 6.45) is 3.69. The number of amides is 1. The highest BCUT2D eigenvalue weighted by Crippen LogP contribution is 2.30. The second kappa shape index (κ2) is 6.46. The van der Waals surface area contributed by atoms with E-state index in [2.05, 4.69) is 31.0 Å². The zero-order chi connectivity index (χ0) is 13.8. The summed E-state index contributed by atoms with van der Waals surface area (Å²) in [7, 11) is 0. The molecule has 1 aliphatic rings. The third kappa shape index (κ3) is 3.75. The highest BCUT2D eigenvalue weighted by Gasteiger charge is 2.26. The van der Waals surface area contributed by atoms with Gasteiger partial charge in [-0.3, -0.25) is 4.79 Å². The Morgan fingerprint density at radius 1 is 1.37 bits per heavy atom. The maximum absolute atomic E-state index is 12.0. The Morgan fingerprint density at radius 3 is 2.58 bits per heavy atom. The lowest BCUT2D eigenvalue weighted by atomic mass is 9.97. The minimum atomic E-state index is 0.306. The lowest BCUT2D eigenvalue weighted by molar-refractivity contribution is -0.133. The molecule has 1 aromatic heterocycles. The minimum Gasteiger partial charge on any atom is -0.343 e. The number of piperidine rings is 1. The highest BCUT2D eigenvalue weighted by atomic mass is 32.1. The van der Waals surface area contributed by atoms with E-state index in [0.29, 0.717) is 24.2 Å². The quantitative estimate of drug-likeness (QED) is 0.852. The van der Waals surface area contributed by atoms with Crippen LogP contribution in [-0.4, -0.2) is 34.1 Å². The fourth-order valence-electron chi connectivity index (χ4n) is 2.43. The van der Waals surface area contributed by atoms with Crippen LogP contribution in [0.5, 0.6) is 0 Å². The number of carbonyl (C=O) groups is 1. The molecule has 4 nitrogen and oxygen atoms in total. The molecule has 1 amide bonds. The average Bonchev–Trinajstić information content (AvgIpc) is 2.87. The highest BCUT2D eigenvalue weighted by molar-refractivity contribution is 7.11. The summed E-state index contributed by atoms with van der Waals surface area (Å²) in [5.41, 5.74) is 0. The standard InChI is InChI=1S/C14H23N3OS/c1-4-12-15-16-14(19-12)11-5-7-17(8-6-11)13(18)9-10(2)3/h10-11H,4-9H2,1-3H3. The Labute approximate surface area is 119 Å². The van der Waals surface area contributed by atoms with Crippen molar-refractivity contribution in [2.24, 2.45) is 5.92 Å². The van der Waals surface area contributed by atoms with Gasteiger partial charge in [-0.05, 0) is 25.2 Å². The van der Waals surface area contributed by atoms with Crippen molar-refractivity contribution in [1.82, 2.24) is 15.1 Å². The van der Waals surface area contributed by atoms with Crippen molar-refractivity contribution in [3.8, 4) is 0 Å². The van der Waals surface area contributed by atoms with E-state index in [-0.39, 0.29) is 0 Å². The second-order valence-corrected chi connectivity index (χ2v) is 6.73. The molecular formula is C14H23N3OS. The van der Waals surface area contributed by atoms with Crippen molar-refractivity contribution in [2.45, 2.75) is 52.4 Å². The number of nitrogens with zero attached hydrogens (tertiary/aromatic N) is 3. The third-order valence-corrected chi connectivity index (χ3v) is 4.79. The Balaban J connectivity index is 1.86. The molecule has 1 saturated heterocycles. The third-order valence-electron chi connectivity index (χ3n) is 3.56. The normalized spacial score (nSPS) is 17.2. The van der Waals surface area contributed by atoms with E-state index < -0.39 is 0 Å². The first-order valence-corrected chi connectivity index (χ1v) is 8.01. The van der Waals surface area contributed by atoms with Crippen molar-refractivity contribution in [3.05, 3.63) is 10.0 Å². The summed E-state index contributed by atoms with van der Waals surface area (Å²) >= 11 is 1.73. The Bertz CT molecular complexity index is 422. The van der Waals surface area contributed by atoms with E-state index in [1.165, 1.54) is 0 Å². The molecule has 0 radical (unpaired) electrons. The van der Waals surface area contributed by atoms with Crippen LogP contribution in [0.2, 0.25) is 0 Å². The van der Waals surface area contributed by atoms with Gasteiger partial charge in [0.2, 0.25) is 5.91 Å². The molecule has 1 aromatic rings. The number of likely N-dealkylation sites (tertiary alicyclic amines) is 1. The van der Waals surface area contributed by atoms with Crippen molar-refractivity contribution >= 4 is 17.2 Å². The first kappa shape index (κ1) is 14.4. The van der Waals surface area contributed by atoms with Crippen LogP contribution < -0.4 is 0 Å². The van der Waals surface area contributed by atoms with Crippen LogP contribution in [0.1, 0.15) is 56.0 Å². The summed E-state index contributed by atoms with van der Waals surface area (Å²) in [6.45, 7) is 8.04.